The third-order valence-electron chi connectivity index (χ3n) is 2.51. The smallest absolute Gasteiger partial charge is 0.210 e. The van der Waals surface area contributed by atoms with Crippen molar-refractivity contribution in [1.82, 2.24) is 4.57 Å². The van der Waals surface area contributed by atoms with Gasteiger partial charge >= 0.3 is 0 Å². The minimum atomic E-state index is 0.903. The van der Waals surface area contributed by atoms with Crippen molar-refractivity contribution in [3.8, 4) is 0 Å². The van der Waals surface area contributed by atoms with Crippen molar-refractivity contribution in [1.29, 1.82) is 0 Å². The monoisotopic (exact) mass is 247 g/mol. The molecule has 0 aliphatic rings. The number of nitrogens with zero attached hydrogens (tertiary/aromatic N) is 4. The molecule has 0 unspecified atom stereocenters. The zero-order chi connectivity index (χ0) is 12.3. The van der Waals surface area contributed by atoms with Gasteiger partial charge in [0, 0.05) is 35.8 Å². The summed E-state index contributed by atoms with van der Waals surface area (Å²) in [4.78, 5) is 0.903. The van der Waals surface area contributed by atoms with E-state index < -0.39 is 0 Å². The van der Waals surface area contributed by atoms with E-state index in [0.29, 0.717) is 0 Å². The molecule has 5 heteroatoms. The molecule has 0 saturated heterocycles. The van der Waals surface area contributed by atoms with Crippen LogP contribution in [0.1, 0.15) is 11.3 Å². The van der Waals surface area contributed by atoms with E-state index in [2.05, 4.69) is 22.5 Å². The van der Waals surface area contributed by atoms with Crippen molar-refractivity contribution in [3.63, 3.8) is 0 Å². The number of rotatable bonds is 2. The first-order valence-electron chi connectivity index (χ1n) is 5.30. The molecule has 0 aliphatic carbocycles. The quantitative estimate of drug-likeness (QED) is 0.433. The van der Waals surface area contributed by atoms with Gasteiger partial charge in [-0.05, 0) is 6.92 Å². The Morgan fingerprint density at radius 1 is 1.35 bits per heavy atom. The van der Waals surface area contributed by atoms with E-state index in [4.69, 9.17) is 0 Å². The summed E-state index contributed by atoms with van der Waals surface area (Å²) in [6.07, 6.45) is 5.72. The fraction of sp³-hybridized carbons (Fsp3) is 0.250. The van der Waals surface area contributed by atoms with Gasteiger partial charge in [-0.25, -0.2) is 4.57 Å². The second-order valence-corrected chi connectivity index (χ2v) is 4.70. The average Bonchev–Trinajstić information content (AvgIpc) is 2.64. The van der Waals surface area contributed by atoms with Crippen LogP contribution in [0.15, 0.2) is 40.1 Å². The summed E-state index contributed by atoms with van der Waals surface area (Å²) >= 11 is 1.59. The summed E-state index contributed by atoms with van der Waals surface area (Å²) in [5, 5.41) is 10.4. The van der Waals surface area contributed by atoms with Crippen molar-refractivity contribution >= 4 is 17.6 Å². The number of hydrogen-bond donors (Lipinski definition) is 0. The Hall–Kier alpha value is -1.75. The zero-order valence-corrected chi connectivity index (χ0v) is 11.0. The van der Waals surface area contributed by atoms with Crippen molar-refractivity contribution in [2.45, 2.75) is 6.92 Å². The van der Waals surface area contributed by atoms with Gasteiger partial charge in [-0.15, -0.1) is 16.4 Å². The molecule has 0 aliphatic heterocycles. The predicted molar refractivity (Wildman–Crippen MR) is 68.8 cm³/mol. The number of aromatic nitrogens is 2. The van der Waals surface area contributed by atoms with Crippen molar-refractivity contribution in [2.75, 3.05) is 0 Å². The second-order valence-electron chi connectivity index (χ2n) is 3.86. The maximum absolute atomic E-state index is 4.19. The van der Waals surface area contributed by atoms with Crippen LogP contribution in [0.5, 0.6) is 0 Å². The standard InChI is InChI=1S/C12H15N4S/c1-10-9-17-12(16(10)3)14-13-8-11-4-6-15(2)7-5-11/h4-9H,1-3H3/q+1. The normalized spacial score (nSPS) is 12.5. The van der Waals surface area contributed by atoms with E-state index in [0.717, 1.165) is 10.4 Å². The first-order valence-corrected chi connectivity index (χ1v) is 6.18. The third kappa shape index (κ3) is 2.88. The van der Waals surface area contributed by atoms with Gasteiger partial charge in [-0.1, -0.05) is 0 Å². The molecule has 0 bridgehead atoms. The van der Waals surface area contributed by atoms with E-state index in [-0.39, 0.29) is 0 Å². The molecule has 0 fully saturated rings. The van der Waals surface area contributed by atoms with Crippen molar-refractivity contribution in [2.24, 2.45) is 24.3 Å². The molecular formula is C12H15N4S+. The van der Waals surface area contributed by atoms with Crippen LogP contribution in [0.2, 0.25) is 0 Å². The average molecular weight is 247 g/mol. The Labute approximate surface area is 104 Å². The highest BCUT2D eigenvalue weighted by Crippen LogP contribution is 1.96. The summed E-state index contributed by atoms with van der Waals surface area (Å²) in [5.74, 6) is 0. The van der Waals surface area contributed by atoms with Gasteiger partial charge < -0.3 is 4.57 Å². The van der Waals surface area contributed by atoms with Gasteiger partial charge in [-0.2, -0.15) is 5.10 Å². The van der Waals surface area contributed by atoms with Crippen LogP contribution in [0, 0.1) is 6.92 Å². The van der Waals surface area contributed by atoms with Crippen LogP contribution in [0.25, 0.3) is 0 Å². The van der Waals surface area contributed by atoms with Gasteiger partial charge in [0.2, 0.25) is 4.80 Å². The molecule has 0 atom stereocenters. The van der Waals surface area contributed by atoms with E-state index in [1.165, 1.54) is 5.69 Å². The zero-order valence-electron chi connectivity index (χ0n) is 10.2. The van der Waals surface area contributed by atoms with Gasteiger partial charge in [0.15, 0.2) is 12.4 Å². The lowest BCUT2D eigenvalue weighted by molar-refractivity contribution is -0.671. The van der Waals surface area contributed by atoms with Crippen LogP contribution in [-0.2, 0) is 14.1 Å². The Bertz CT molecular complexity index is 590. The number of aryl methyl sites for hydroxylation is 2. The van der Waals surface area contributed by atoms with E-state index in [1.807, 2.05) is 47.8 Å². The Balaban J connectivity index is 2.20. The highest BCUT2D eigenvalue weighted by Gasteiger charge is 1.94. The summed E-state index contributed by atoms with van der Waals surface area (Å²) in [6, 6.07) is 4.00. The molecule has 0 spiro atoms. The van der Waals surface area contributed by atoms with Crippen LogP contribution in [0.4, 0.5) is 0 Å². The van der Waals surface area contributed by atoms with Crippen LogP contribution in [0.3, 0.4) is 0 Å². The number of thiazole rings is 1. The lowest BCUT2D eigenvalue weighted by atomic mass is 10.3. The van der Waals surface area contributed by atoms with Crippen LogP contribution >= 0.6 is 11.3 Å². The van der Waals surface area contributed by atoms with Crippen molar-refractivity contribution < 1.29 is 4.57 Å². The first-order chi connectivity index (χ1) is 8.16. The topological polar surface area (TPSA) is 33.5 Å². The third-order valence-corrected chi connectivity index (χ3v) is 3.53. The maximum atomic E-state index is 4.19. The first kappa shape index (κ1) is 11.7. The lowest BCUT2D eigenvalue weighted by Gasteiger charge is -1.91. The van der Waals surface area contributed by atoms with Crippen LogP contribution < -0.4 is 9.37 Å². The fourth-order valence-corrected chi connectivity index (χ4v) is 2.11. The molecule has 0 saturated carbocycles. The minimum absolute atomic E-state index is 0.903. The van der Waals surface area contributed by atoms with Crippen LogP contribution in [-0.4, -0.2) is 10.8 Å². The largest absolute Gasteiger partial charge is 0.323 e. The molecular weight excluding hydrogens is 232 g/mol. The molecule has 2 aromatic heterocycles. The highest BCUT2D eigenvalue weighted by molar-refractivity contribution is 7.07. The Morgan fingerprint density at radius 2 is 2.06 bits per heavy atom. The molecule has 2 aromatic rings. The van der Waals surface area contributed by atoms with Gasteiger partial charge in [0.25, 0.3) is 0 Å². The lowest BCUT2D eigenvalue weighted by Crippen LogP contribution is -2.25. The van der Waals surface area contributed by atoms with E-state index in [1.54, 1.807) is 17.6 Å². The highest BCUT2D eigenvalue weighted by atomic mass is 32.1. The molecule has 17 heavy (non-hydrogen) atoms. The predicted octanol–water partition coefficient (Wildman–Crippen LogP) is 1.15. The molecule has 0 N–H and O–H groups in total. The SMILES string of the molecule is Cc1csc(=NN=Cc2cc[n+](C)cc2)n1C. The molecule has 2 heterocycles. The van der Waals surface area contributed by atoms with Crippen molar-refractivity contribution in [3.05, 3.63) is 46.0 Å². The van der Waals surface area contributed by atoms with Gasteiger partial charge in [-0.3, -0.25) is 0 Å². The summed E-state index contributed by atoms with van der Waals surface area (Å²) < 4.78 is 4.00. The molecule has 0 radical (unpaired) electrons. The maximum Gasteiger partial charge on any atom is 0.210 e. The Kier molecular flexibility index (Phi) is 3.49. The summed E-state index contributed by atoms with van der Waals surface area (Å²) in [5.41, 5.74) is 2.23. The number of pyridine rings is 1. The van der Waals surface area contributed by atoms with E-state index in [9.17, 15) is 0 Å². The van der Waals surface area contributed by atoms with E-state index >= 15 is 0 Å². The summed E-state index contributed by atoms with van der Waals surface area (Å²) in [6.45, 7) is 2.05. The molecule has 2 rings (SSSR count). The van der Waals surface area contributed by atoms with Gasteiger partial charge in [0.05, 0.1) is 6.21 Å². The second kappa shape index (κ2) is 5.05. The fourth-order valence-electron chi connectivity index (χ4n) is 1.28. The van der Waals surface area contributed by atoms with Gasteiger partial charge in [0.1, 0.15) is 7.05 Å². The number of hydrogen-bond acceptors (Lipinski definition) is 3. The molecule has 88 valence electrons. The molecule has 4 nitrogen and oxygen atoms in total. The molecule has 0 amide bonds. The minimum Gasteiger partial charge on any atom is -0.323 e. The summed E-state index contributed by atoms with van der Waals surface area (Å²) in [7, 11) is 3.97. The Morgan fingerprint density at radius 3 is 2.65 bits per heavy atom. The molecule has 0 aromatic carbocycles.